The molecule has 0 bridgehead atoms. The standard InChI is InChI=1S/C26H20ClN3O3S/c1-2-33-20-12-7-15(13-19(20)27)14-28-24-22-18-5-3-4-6-21(18)34-25(22)30-23(29-24)16-8-10-17(11-9-16)26(31)32/h3-13H,2,14H2,1H3,(H,31,32)(H,28,29,30). The van der Waals surface area contributed by atoms with Gasteiger partial charge in [0.25, 0.3) is 0 Å². The van der Waals surface area contributed by atoms with Crippen molar-refractivity contribution in [1.29, 1.82) is 0 Å². The van der Waals surface area contributed by atoms with Crippen LogP contribution in [0.1, 0.15) is 22.8 Å². The molecule has 0 spiro atoms. The van der Waals surface area contributed by atoms with Crippen LogP contribution in [0.4, 0.5) is 5.82 Å². The van der Waals surface area contributed by atoms with E-state index in [2.05, 4.69) is 17.4 Å². The highest BCUT2D eigenvalue weighted by atomic mass is 35.5. The van der Waals surface area contributed by atoms with Crippen molar-refractivity contribution in [2.24, 2.45) is 0 Å². The van der Waals surface area contributed by atoms with Crippen LogP contribution in [0.25, 0.3) is 31.7 Å². The van der Waals surface area contributed by atoms with Crippen molar-refractivity contribution in [2.75, 3.05) is 11.9 Å². The van der Waals surface area contributed by atoms with Crippen molar-refractivity contribution in [3.63, 3.8) is 0 Å². The first-order valence-electron chi connectivity index (χ1n) is 10.7. The Morgan fingerprint density at radius 3 is 2.62 bits per heavy atom. The van der Waals surface area contributed by atoms with Gasteiger partial charge in [-0.25, -0.2) is 14.8 Å². The molecule has 0 saturated carbocycles. The minimum Gasteiger partial charge on any atom is -0.492 e. The maximum absolute atomic E-state index is 11.2. The molecule has 5 aromatic rings. The van der Waals surface area contributed by atoms with Gasteiger partial charge in [0.15, 0.2) is 5.82 Å². The highest BCUT2D eigenvalue weighted by Gasteiger charge is 2.16. The van der Waals surface area contributed by atoms with Crippen molar-refractivity contribution in [3.05, 3.63) is 82.9 Å². The molecule has 8 heteroatoms. The van der Waals surface area contributed by atoms with E-state index in [1.165, 1.54) is 0 Å². The Bertz CT molecular complexity index is 1520. The number of ether oxygens (including phenoxy) is 1. The number of hydrogen-bond donors (Lipinski definition) is 2. The lowest BCUT2D eigenvalue weighted by Gasteiger charge is -2.11. The van der Waals surface area contributed by atoms with E-state index in [1.54, 1.807) is 35.6 Å². The van der Waals surface area contributed by atoms with Gasteiger partial charge in [0.1, 0.15) is 16.4 Å². The summed E-state index contributed by atoms with van der Waals surface area (Å²) in [6.45, 7) is 2.99. The van der Waals surface area contributed by atoms with E-state index in [-0.39, 0.29) is 5.56 Å². The highest BCUT2D eigenvalue weighted by Crippen LogP contribution is 2.38. The number of aromatic carboxylic acids is 1. The summed E-state index contributed by atoms with van der Waals surface area (Å²) in [7, 11) is 0. The number of anilines is 1. The Morgan fingerprint density at radius 1 is 1.09 bits per heavy atom. The Morgan fingerprint density at radius 2 is 1.88 bits per heavy atom. The van der Waals surface area contributed by atoms with Crippen LogP contribution in [-0.2, 0) is 6.54 Å². The van der Waals surface area contributed by atoms with Gasteiger partial charge in [-0.1, -0.05) is 48.0 Å². The quantitative estimate of drug-likeness (QED) is 0.259. The lowest BCUT2D eigenvalue weighted by Crippen LogP contribution is -2.04. The molecule has 2 aromatic heterocycles. The van der Waals surface area contributed by atoms with Crippen molar-refractivity contribution >= 4 is 55.0 Å². The fourth-order valence-electron chi connectivity index (χ4n) is 3.75. The molecule has 0 amide bonds. The molecular formula is C26H20ClN3O3S. The molecule has 5 rings (SSSR count). The molecule has 6 nitrogen and oxygen atoms in total. The van der Waals surface area contributed by atoms with Crippen molar-refractivity contribution < 1.29 is 14.6 Å². The molecule has 0 radical (unpaired) electrons. The molecule has 3 aromatic carbocycles. The molecule has 0 saturated heterocycles. The fraction of sp³-hybridized carbons (Fsp3) is 0.115. The van der Waals surface area contributed by atoms with E-state index < -0.39 is 5.97 Å². The van der Waals surface area contributed by atoms with Crippen LogP contribution >= 0.6 is 22.9 Å². The predicted octanol–water partition coefficient (Wildman–Crippen LogP) is 6.87. The Labute approximate surface area is 204 Å². The van der Waals surface area contributed by atoms with Gasteiger partial charge in [-0.05, 0) is 42.8 Å². The second kappa shape index (κ2) is 9.29. The monoisotopic (exact) mass is 489 g/mol. The minimum atomic E-state index is -0.969. The molecular weight excluding hydrogens is 470 g/mol. The fourth-order valence-corrected chi connectivity index (χ4v) is 5.09. The number of carbonyl (C=O) groups is 1. The Balaban J connectivity index is 1.56. The first-order valence-corrected chi connectivity index (χ1v) is 11.9. The lowest BCUT2D eigenvalue weighted by molar-refractivity contribution is 0.0697. The summed E-state index contributed by atoms with van der Waals surface area (Å²) in [5, 5.41) is 15.3. The highest BCUT2D eigenvalue weighted by molar-refractivity contribution is 7.25. The Kier molecular flexibility index (Phi) is 6.04. The zero-order chi connectivity index (χ0) is 23.7. The number of aromatic nitrogens is 2. The summed E-state index contributed by atoms with van der Waals surface area (Å²) in [5.41, 5.74) is 1.96. The third-order valence-corrected chi connectivity index (χ3v) is 6.75. The molecule has 2 N–H and O–H groups in total. The maximum atomic E-state index is 11.2. The van der Waals surface area contributed by atoms with E-state index in [9.17, 15) is 9.90 Å². The van der Waals surface area contributed by atoms with Crippen LogP contribution in [0, 0.1) is 0 Å². The molecule has 0 aliphatic heterocycles. The number of carboxylic acid groups (broad SMARTS) is 1. The number of hydrogen-bond acceptors (Lipinski definition) is 6. The van der Waals surface area contributed by atoms with Gasteiger partial charge in [0.05, 0.1) is 22.6 Å². The summed E-state index contributed by atoms with van der Waals surface area (Å²) in [5.74, 6) is 0.935. The molecule has 2 heterocycles. The molecule has 0 unspecified atom stereocenters. The second-order valence-corrected chi connectivity index (χ2v) is 9.05. The predicted molar refractivity (Wildman–Crippen MR) is 137 cm³/mol. The molecule has 170 valence electrons. The van der Waals surface area contributed by atoms with Crippen LogP contribution in [0.2, 0.25) is 5.02 Å². The van der Waals surface area contributed by atoms with E-state index >= 15 is 0 Å². The van der Waals surface area contributed by atoms with Gasteiger partial charge in [-0.15, -0.1) is 11.3 Å². The number of fused-ring (bicyclic) bond motifs is 3. The zero-order valence-corrected chi connectivity index (χ0v) is 19.8. The van der Waals surface area contributed by atoms with Gasteiger partial charge in [-0.3, -0.25) is 0 Å². The van der Waals surface area contributed by atoms with Gasteiger partial charge in [0.2, 0.25) is 0 Å². The smallest absolute Gasteiger partial charge is 0.335 e. The number of benzene rings is 3. The van der Waals surface area contributed by atoms with Gasteiger partial charge in [0, 0.05) is 22.2 Å². The normalized spacial score (nSPS) is 11.1. The minimum absolute atomic E-state index is 0.220. The maximum Gasteiger partial charge on any atom is 0.335 e. The van der Waals surface area contributed by atoms with E-state index in [0.29, 0.717) is 35.6 Å². The molecule has 0 fully saturated rings. The van der Waals surface area contributed by atoms with Crippen molar-refractivity contribution in [3.8, 4) is 17.1 Å². The van der Waals surface area contributed by atoms with Crippen LogP contribution in [-0.4, -0.2) is 27.7 Å². The number of nitrogens with one attached hydrogen (secondary N) is 1. The van der Waals surface area contributed by atoms with Crippen molar-refractivity contribution in [2.45, 2.75) is 13.5 Å². The number of carboxylic acids is 1. The van der Waals surface area contributed by atoms with Gasteiger partial charge < -0.3 is 15.2 Å². The summed E-state index contributed by atoms with van der Waals surface area (Å²) in [4.78, 5) is 21.7. The van der Waals surface area contributed by atoms with Crippen LogP contribution < -0.4 is 10.1 Å². The first kappa shape index (κ1) is 22.1. The van der Waals surface area contributed by atoms with Crippen LogP contribution in [0.15, 0.2) is 66.7 Å². The Hall–Kier alpha value is -3.68. The summed E-state index contributed by atoms with van der Waals surface area (Å²) in [6, 6.07) is 20.5. The number of halogens is 1. The number of nitrogens with zero attached hydrogens (tertiary/aromatic N) is 2. The van der Waals surface area contributed by atoms with Crippen LogP contribution in [0.3, 0.4) is 0 Å². The van der Waals surface area contributed by atoms with Crippen molar-refractivity contribution in [1.82, 2.24) is 9.97 Å². The first-order chi connectivity index (χ1) is 16.5. The molecule has 34 heavy (non-hydrogen) atoms. The molecule has 0 atom stereocenters. The molecule has 0 aliphatic rings. The lowest BCUT2D eigenvalue weighted by atomic mass is 10.1. The SMILES string of the molecule is CCOc1ccc(CNc2nc(-c3ccc(C(=O)O)cc3)nc3sc4ccccc4c23)cc1Cl. The number of thiophene rings is 1. The largest absolute Gasteiger partial charge is 0.492 e. The third kappa shape index (κ3) is 4.27. The van der Waals surface area contributed by atoms with Crippen LogP contribution in [0.5, 0.6) is 5.75 Å². The summed E-state index contributed by atoms with van der Waals surface area (Å²) >= 11 is 7.97. The van der Waals surface area contributed by atoms with Gasteiger partial charge in [-0.2, -0.15) is 0 Å². The third-order valence-electron chi connectivity index (χ3n) is 5.38. The summed E-state index contributed by atoms with van der Waals surface area (Å²) < 4.78 is 6.65. The summed E-state index contributed by atoms with van der Waals surface area (Å²) in [6.07, 6.45) is 0. The second-order valence-electron chi connectivity index (χ2n) is 7.61. The number of rotatable bonds is 7. The van der Waals surface area contributed by atoms with E-state index in [0.717, 1.165) is 31.4 Å². The van der Waals surface area contributed by atoms with E-state index in [1.807, 2.05) is 37.3 Å². The van der Waals surface area contributed by atoms with E-state index in [4.69, 9.17) is 26.3 Å². The average molecular weight is 490 g/mol. The van der Waals surface area contributed by atoms with Gasteiger partial charge >= 0.3 is 5.97 Å². The topological polar surface area (TPSA) is 84.3 Å². The average Bonchev–Trinajstić information content (AvgIpc) is 3.23. The molecule has 0 aliphatic carbocycles. The zero-order valence-electron chi connectivity index (χ0n) is 18.2.